The van der Waals surface area contributed by atoms with E-state index in [4.69, 9.17) is 4.74 Å². The lowest BCUT2D eigenvalue weighted by molar-refractivity contribution is -0.385. The molecule has 27 heavy (non-hydrogen) atoms. The van der Waals surface area contributed by atoms with E-state index >= 15 is 0 Å². The predicted octanol–water partition coefficient (Wildman–Crippen LogP) is 3.50. The molecule has 142 valence electrons. The number of aryl methyl sites for hydroxylation is 2. The summed E-state index contributed by atoms with van der Waals surface area (Å²) in [7, 11) is 0. The number of esters is 1. The Kier molecular flexibility index (Phi) is 6.65. The van der Waals surface area contributed by atoms with Gasteiger partial charge in [0, 0.05) is 11.6 Å². The molecule has 7 heteroatoms. The summed E-state index contributed by atoms with van der Waals surface area (Å²) in [6, 6.07) is 11.7. The fraction of sp³-hybridized carbons (Fsp3) is 0.300. The Bertz CT molecular complexity index is 846. The zero-order valence-electron chi connectivity index (χ0n) is 15.5. The third-order valence-corrected chi connectivity index (χ3v) is 4.24. The van der Waals surface area contributed by atoms with Crippen molar-refractivity contribution in [1.82, 2.24) is 5.32 Å². The maximum atomic E-state index is 12.0. The van der Waals surface area contributed by atoms with E-state index < -0.39 is 23.4 Å². The quantitative estimate of drug-likeness (QED) is 0.457. The average molecular weight is 370 g/mol. The number of amides is 1. The van der Waals surface area contributed by atoms with Crippen molar-refractivity contribution in [3.63, 3.8) is 0 Å². The molecule has 0 saturated carbocycles. The molecular formula is C20H22N2O5. The molecule has 2 aromatic rings. The number of nitro benzene ring substituents is 1. The number of nitrogens with zero attached hydrogens (tertiary/aromatic N) is 1. The van der Waals surface area contributed by atoms with Gasteiger partial charge in [0.05, 0.1) is 16.5 Å². The standard InChI is InChI=1S/C20H22N2O5/c1-4-15-6-9-16(10-7-15)14(3)21-19(23)12-27-20(24)17-8-5-13(2)18(11-17)22(25)26/h5-11,14H,4,12H2,1-3H3,(H,21,23)/t14-/m0/s1. The predicted molar refractivity (Wildman–Crippen MR) is 100 cm³/mol. The van der Waals surface area contributed by atoms with Crippen molar-refractivity contribution in [2.75, 3.05) is 6.61 Å². The zero-order valence-corrected chi connectivity index (χ0v) is 15.5. The molecule has 0 heterocycles. The van der Waals surface area contributed by atoms with Crippen LogP contribution < -0.4 is 5.32 Å². The van der Waals surface area contributed by atoms with Gasteiger partial charge in [0.2, 0.25) is 0 Å². The van der Waals surface area contributed by atoms with Gasteiger partial charge in [-0.25, -0.2) is 4.79 Å². The molecule has 0 unspecified atom stereocenters. The Morgan fingerprint density at radius 3 is 2.44 bits per heavy atom. The highest BCUT2D eigenvalue weighted by molar-refractivity contribution is 5.92. The number of carbonyl (C=O) groups excluding carboxylic acids is 2. The van der Waals surface area contributed by atoms with Crippen LogP contribution in [-0.2, 0) is 16.0 Å². The molecule has 0 aromatic heterocycles. The first kappa shape index (κ1) is 20.1. The van der Waals surface area contributed by atoms with Gasteiger partial charge in [0.1, 0.15) is 0 Å². The topological polar surface area (TPSA) is 98.5 Å². The smallest absolute Gasteiger partial charge is 0.338 e. The molecule has 1 N–H and O–H groups in total. The van der Waals surface area contributed by atoms with Gasteiger partial charge in [0.15, 0.2) is 6.61 Å². The monoisotopic (exact) mass is 370 g/mol. The van der Waals surface area contributed by atoms with Gasteiger partial charge in [-0.2, -0.15) is 0 Å². The van der Waals surface area contributed by atoms with Crippen LogP contribution in [-0.4, -0.2) is 23.4 Å². The van der Waals surface area contributed by atoms with Crippen molar-refractivity contribution in [3.05, 3.63) is 74.8 Å². The summed E-state index contributed by atoms with van der Waals surface area (Å²) in [5.74, 6) is -1.23. The molecule has 0 fully saturated rings. The van der Waals surface area contributed by atoms with Crippen LogP contribution in [0.3, 0.4) is 0 Å². The summed E-state index contributed by atoms with van der Waals surface area (Å²) in [6.07, 6.45) is 0.939. The Labute approximate surface area is 157 Å². The number of rotatable bonds is 7. The highest BCUT2D eigenvalue weighted by Crippen LogP contribution is 2.20. The molecule has 0 aliphatic carbocycles. The van der Waals surface area contributed by atoms with Gasteiger partial charge >= 0.3 is 5.97 Å². The highest BCUT2D eigenvalue weighted by Gasteiger charge is 2.17. The van der Waals surface area contributed by atoms with E-state index in [0.717, 1.165) is 18.1 Å². The van der Waals surface area contributed by atoms with Crippen molar-refractivity contribution >= 4 is 17.6 Å². The van der Waals surface area contributed by atoms with Crippen LogP contribution in [0.25, 0.3) is 0 Å². The van der Waals surface area contributed by atoms with Crippen LogP contribution >= 0.6 is 0 Å². The van der Waals surface area contributed by atoms with Crippen LogP contribution in [0.5, 0.6) is 0 Å². The molecule has 0 aliphatic heterocycles. The molecule has 7 nitrogen and oxygen atoms in total. The van der Waals surface area contributed by atoms with Crippen LogP contribution in [0, 0.1) is 17.0 Å². The number of hydrogen-bond donors (Lipinski definition) is 1. The first-order valence-corrected chi connectivity index (χ1v) is 8.62. The van der Waals surface area contributed by atoms with Crippen LogP contribution in [0.1, 0.15) is 46.9 Å². The molecule has 2 rings (SSSR count). The fourth-order valence-corrected chi connectivity index (χ4v) is 2.56. The first-order chi connectivity index (χ1) is 12.8. The Balaban J connectivity index is 1.91. The minimum absolute atomic E-state index is 0.0308. The molecule has 0 radical (unpaired) electrons. The van der Waals surface area contributed by atoms with Crippen molar-refractivity contribution < 1.29 is 19.2 Å². The lowest BCUT2D eigenvalue weighted by Crippen LogP contribution is -2.31. The number of hydrogen-bond acceptors (Lipinski definition) is 5. The highest BCUT2D eigenvalue weighted by atomic mass is 16.6. The van der Waals surface area contributed by atoms with E-state index in [2.05, 4.69) is 12.2 Å². The SMILES string of the molecule is CCc1ccc([C@H](C)NC(=O)COC(=O)c2ccc(C)c([N+](=O)[O-])c2)cc1. The lowest BCUT2D eigenvalue weighted by atomic mass is 10.1. The van der Waals surface area contributed by atoms with E-state index in [-0.39, 0.29) is 17.3 Å². The van der Waals surface area contributed by atoms with Gasteiger partial charge in [-0.15, -0.1) is 0 Å². The molecule has 2 aromatic carbocycles. The summed E-state index contributed by atoms with van der Waals surface area (Å²) in [5, 5.41) is 13.7. The molecule has 0 spiro atoms. The van der Waals surface area contributed by atoms with E-state index in [1.807, 2.05) is 31.2 Å². The van der Waals surface area contributed by atoms with Crippen LogP contribution in [0.4, 0.5) is 5.69 Å². The summed E-state index contributed by atoms with van der Waals surface area (Å²) < 4.78 is 4.96. The molecular weight excluding hydrogens is 348 g/mol. The Morgan fingerprint density at radius 1 is 1.19 bits per heavy atom. The average Bonchev–Trinajstić information content (AvgIpc) is 2.66. The second-order valence-corrected chi connectivity index (χ2v) is 6.22. The molecule has 0 aliphatic rings. The van der Waals surface area contributed by atoms with Gasteiger partial charge < -0.3 is 10.1 Å². The van der Waals surface area contributed by atoms with Gasteiger partial charge in [-0.05, 0) is 37.5 Å². The molecule has 0 saturated heterocycles. The van der Waals surface area contributed by atoms with Gasteiger partial charge in [0.25, 0.3) is 11.6 Å². The normalized spacial score (nSPS) is 11.5. The first-order valence-electron chi connectivity index (χ1n) is 8.62. The summed E-state index contributed by atoms with van der Waals surface area (Å²) >= 11 is 0. The second-order valence-electron chi connectivity index (χ2n) is 6.22. The number of carbonyl (C=O) groups is 2. The van der Waals surface area contributed by atoms with Crippen molar-refractivity contribution in [3.8, 4) is 0 Å². The van der Waals surface area contributed by atoms with Crippen LogP contribution in [0.15, 0.2) is 42.5 Å². The largest absolute Gasteiger partial charge is 0.452 e. The van der Waals surface area contributed by atoms with Crippen molar-refractivity contribution in [1.29, 1.82) is 0 Å². The number of nitrogens with one attached hydrogen (secondary N) is 1. The summed E-state index contributed by atoms with van der Waals surface area (Å²) in [5.41, 5.74) is 2.46. The van der Waals surface area contributed by atoms with E-state index in [1.165, 1.54) is 17.7 Å². The van der Waals surface area contributed by atoms with Crippen molar-refractivity contribution in [2.24, 2.45) is 0 Å². The zero-order chi connectivity index (χ0) is 20.0. The number of benzene rings is 2. The molecule has 1 amide bonds. The maximum Gasteiger partial charge on any atom is 0.338 e. The Hall–Kier alpha value is -3.22. The van der Waals surface area contributed by atoms with E-state index in [0.29, 0.717) is 5.56 Å². The molecule has 1 atom stereocenters. The minimum Gasteiger partial charge on any atom is -0.452 e. The maximum absolute atomic E-state index is 12.0. The van der Waals surface area contributed by atoms with Gasteiger partial charge in [-0.3, -0.25) is 14.9 Å². The summed E-state index contributed by atoms with van der Waals surface area (Å²) in [6.45, 7) is 5.02. The van der Waals surface area contributed by atoms with Crippen molar-refractivity contribution in [2.45, 2.75) is 33.2 Å². The number of ether oxygens (including phenoxy) is 1. The Morgan fingerprint density at radius 2 is 1.85 bits per heavy atom. The molecule has 0 bridgehead atoms. The van der Waals surface area contributed by atoms with Gasteiger partial charge in [-0.1, -0.05) is 37.3 Å². The third kappa shape index (κ3) is 5.37. The minimum atomic E-state index is -0.784. The van der Waals surface area contributed by atoms with E-state index in [1.54, 1.807) is 6.92 Å². The lowest BCUT2D eigenvalue weighted by Gasteiger charge is -2.15. The van der Waals surface area contributed by atoms with E-state index in [9.17, 15) is 19.7 Å². The number of nitro groups is 1. The second kappa shape index (κ2) is 8.93. The third-order valence-electron chi connectivity index (χ3n) is 4.24. The van der Waals surface area contributed by atoms with Crippen LogP contribution in [0.2, 0.25) is 0 Å². The summed E-state index contributed by atoms with van der Waals surface area (Å²) in [4.78, 5) is 34.4. The fourth-order valence-electron chi connectivity index (χ4n) is 2.56.